The van der Waals surface area contributed by atoms with E-state index in [2.05, 4.69) is 10.2 Å². The minimum Gasteiger partial charge on any atom is -0.619 e. The SMILES string of the molecule is COc1ccc([C@H](Cc2c(Cl)c[n+]([O-])cc2Cl)OC(=O)c2ccc(CNC(CO)(C(=O)O[C@H]3CN4CCC3CC4)c3ccccc3)c(OCC3CC3)c2)cc1OC. The van der Waals surface area contributed by atoms with Gasteiger partial charge in [-0.2, -0.15) is 4.73 Å². The van der Waals surface area contributed by atoms with Crippen molar-refractivity contribution in [3.8, 4) is 17.2 Å². The van der Waals surface area contributed by atoms with Crippen molar-refractivity contribution < 1.29 is 43.1 Å². The second-order valence-corrected chi connectivity index (χ2v) is 15.8. The summed E-state index contributed by atoms with van der Waals surface area (Å²) in [6, 6.07) is 19.3. The van der Waals surface area contributed by atoms with Crippen LogP contribution >= 0.6 is 23.2 Å². The average Bonchev–Trinajstić information content (AvgIpc) is 4.07. The van der Waals surface area contributed by atoms with Gasteiger partial charge in [0.1, 0.15) is 28.0 Å². The quantitative estimate of drug-likeness (QED) is 0.0716. The number of rotatable bonds is 17. The van der Waals surface area contributed by atoms with E-state index in [1.165, 1.54) is 26.6 Å². The number of aliphatic hydroxyl groups is 1. The van der Waals surface area contributed by atoms with E-state index in [-0.39, 0.29) is 34.7 Å². The lowest BCUT2D eigenvalue weighted by Crippen LogP contribution is -2.57. The van der Waals surface area contributed by atoms with Gasteiger partial charge in [-0.3, -0.25) is 10.2 Å². The van der Waals surface area contributed by atoms with Crippen molar-refractivity contribution in [2.45, 2.75) is 56.4 Å². The molecule has 1 unspecified atom stereocenters. The highest BCUT2D eigenvalue weighted by atomic mass is 35.5. The molecule has 302 valence electrons. The largest absolute Gasteiger partial charge is 0.619 e. The first-order valence-electron chi connectivity index (χ1n) is 19.2. The van der Waals surface area contributed by atoms with Gasteiger partial charge in [0.15, 0.2) is 29.4 Å². The zero-order valence-electron chi connectivity index (χ0n) is 32.0. The Morgan fingerprint density at radius 1 is 0.947 bits per heavy atom. The highest BCUT2D eigenvalue weighted by Crippen LogP contribution is 2.37. The van der Waals surface area contributed by atoms with E-state index in [4.69, 9.17) is 46.9 Å². The molecule has 4 aromatic rings. The molecule has 0 amide bonds. The summed E-state index contributed by atoms with van der Waals surface area (Å²) in [5.74, 6) is 0.851. The predicted molar refractivity (Wildman–Crippen MR) is 213 cm³/mol. The molecule has 8 rings (SSSR count). The van der Waals surface area contributed by atoms with E-state index in [0.717, 1.165) is 38.8 Å². The summed E-state index contributed by atoms with van der Waals surface area (Å²) in [5.41, 5.74) is 0.897. The van der Waals surface area contributed by atoms with Crippen molar-refractivity contribution in [3.63, 3.8) is 0 Å². The molecule has 12 nitrogen and oxygen atoms in total. The standard InChI is InChI=1S/C43H47Cl2N3O9/c1-53-36-13-12-29(18-39(36)54-2)38(20-33-34(44)22-48(52)23-35(33)45)56-41(50)30-10-11-31(37(19-30)55-25-27-8-9-27)21-46-43(26-49,32-6-4-3-5-7-32)42(51)57-40-24-47-16-14-28(40)15-17-47/h3-7,10-13,18-19,22-23,27-28,38,40,46,49H,8-9,14-17,20-21,24-26H2,1-2H3/t38-,40-,43?/m0/s1. The molecule has 3 saturated heterocycles. The van der Waals surface area contributed by atoms with Crippen LogP contribution in [0.4, 0.5) is 0 Å². The number of nitrogens with one attached hydrogen (secondary N) is 1. The van der Waals surface area contributed by atoms with Gasteiger partial charge in [-0.15, -0.1) is 0 Å². The zero-order valence-corrected chi connectivity index (χ0v) is 33.5. The summed E-state index contributed by atoms with van der Waals surface area (Å²) < 4.78 is 30.2. The van der Waals surface area contributed by atoms with Crippen LogP contribution in [-0.4, -0.2) is 75.1 Å². The minimum atomic E-state index is -1.56. The molecule has 0 radical (unpaired) electrons. The molecule has 3 atom stereocenters. The Hall–Kier alpha value is -4.59. The van der Waals surface area contributed by atoms with Crippen molar-refractivity contribution in [1.29, 1.82) is 0 Å². The van der Waals surface area contributed by atoms with Crippen LogP contribution < -0.4 is 24.3 Å². The molecule has 0 spiro atoms. The highest BCUT2D eigenvalue weighted by molar-refractivity contribution is 6.35. The van der Waals surface area contributed by atoms with Gasteiger partial charge in [0.05, 0.1) is 33.0 Å². The number of piperidine rings is 3. The fourth-order valence-electron chi connectivity index (χ4n) is 7.60. The average molecular weight is 821 g/mol. The van der Waals surface area contributed by atoms with Gasteiger partial charge in [-0.1, -0.05) is 65.7 Å². The maximum Gasteiger partial charge on any atom is 0.338 e. The van der Waals surface area contributed by atoms with Gasteiger partial charge < -0.3 is 34.0 Å². The number of ether oxygens (including phenoxy) is 5. The summed E-state index contributed by atoms with van der Waals surface area (Å²) in [4.78, 5) is 30.6. The first-order valence-corrected chi connectivity index (χ1v) is 20.0. The molecular weight excluding hydrogens is 773 g/mol. The molecule has 57 heavy (non-hydrogen) atoms. The van der Waals surface area contributed by atoms with Crippen molar-refractivity contribution >= 4 is 35.1 Å². The molecule has 14 heteroatoms. The number of halogens is 2. The number of hydrogen-bond donors (Lipinski definition) is 2. The number of esters is 2. The van der Waals surface area contributed by atoms with Gasteiger partial charge >= 0.3 is 11.9 Å². The molecule has 2 N–H and O–H groups in total. The molecule has 1 aliphatic carbocycles. The number of aliphatic hydroxyl groups excluding tert-OH is 1. The van der Waals surface area contributed by atoms with E-state index in [0.29, 0.717) is 69.2 Å². The van der Waals surface area contributed by atoms with Crippen LogP contribution in [0.1, 0.15) is 64.4 Å². The number of pyridine rings is 1. The van der Waals surface area contributed by atoms with Crippen LogP contribution in [0.5, 0.6) is 17.2 Å². The Balaban J connectivity index is 1.16. The first kappa shape index (κ1) is 40.6. The molecular formula is C43H47Cl2N3O9. The number of carbonyl (C=O) groups is 2. The summed E-state index contributed by atoms with van der Waals surface area (Å²) in [6.45, 7) is 2.71. The van der Waals surface area contributed by atoms with Gasteiger partial charge in [0.2, 0.25) is 0 Å². The number of hydrogen-bond acceptors (Lipinski definition) is 11. The molecule has 1 aromatic heterocycles. The fraction of sp³-hybridized carbons (Fsp3) is 0.419. The van der Waals surface area contributed by atoms with E-state index in [1.807, 2.05) is 18.2 Å². The number of fused-ring (bicyclic) bond motifs is 3. The number of nitrogens with zero attached hydrogens (tertiary/aromatic N) is 2. The highest BCUT2D eigenvalue weighted by Gasteiger charge is 2.45. The number of benzene rings is 3. The number of carbonyl (C=O) groups excluding carboxylic acids is 2. The summed E-state index contributed by atoms with van der Waals surface area (Å²) in [5, 5.41) is 26.6. The van der Waals surface area contributed by atoms with Crippen molar-refractivity contribution in [2.75, 3.05) is 47.1 Å². The zero-order chi connectivity index (χ0) is 40.1. The fourth-order valence-corrected chi connectivity index (χ4v) is 8.20. The van der Waals surface area contributed by atoms with Crippen LogP contribution in [0.15, 0.2) is 79.1 Å². The molecule has 3 aliphatic heterocycles. The van der Waals surface area contributed by atoms with Gasteiger partial charge in [0, 0.05) is 30.6 Å². The molecule has 4 aliphatic rings. The minimum absolute atomic E-state index is 0.0469. The molecule has 2 bridgehead atoms. The monoisotopic (exact) mass is 819 g/mol. The van der Waals surface area contributed by atoms with Gasteiger partial charge in [-0.25, -0.2) is 9.59 Å². The molecule has 1 saturated carbocycles. The summed E-state index contributed by atoms with van der Waals surface area (Å²) in [6.07, 6.45) is 5.31. The van der Waals surface area contributed by atoms with Crippen LogP contribution in [0.2, 0.25) is 10.0 Å². The maximum absolute atomic E-state index is 14.2. The topological polar surface area (TPSA) is 143 Å². The third kappa shape index (κ3) is 9.26. The third-order valence-electron chi connectivity index (χ3n) is 11.2. The van der Waals surface area contributed by atoms with Crippen LogP contribution in [0.3, 0.4) is 0 Å². The summed E-state index contributed by atoms with van der Waals surface area (Å²) in [7, 11) is 3.03. The lowest BCUT2D eigenvalue weighted by Gasteiger charge is -2.45. The van der Waals surface area contributed by atoms with E-state index < -0.39 is 30.2 Å². The number of methoxy groups -OCH3 is 2. The second-order valence-electron chi connectivity index (χ2n) is 14.9. The van der Waals surface area contributed by atoms with Crippen molar-refractivity contribution in [1.82, 2.24) is 10.2 Å². The van der Waals surface area contributed by atoms with E-state index in [1.54, 1.807) is 48.5 Å². The Morgan fingerprint density at radius 3 is 2.30 bits per heavy atom. The van der Waals surface area contributed by atoms with E-state index in [9.17, 15) is 19.9 Å². The maximum atomic E-state index is 14.2. The normalized spacial score (nSPS) is 20.3. The molecule has 3 aromatic carbocycles. The molecule has 4 fully saturated rings. The van der Waals surface area contributed by atoms with Crippen molar-refractivity contribution in [2.24, 2.45) is 11.8 Å². The van der Waals surface area contributed by atoms with E-state index >= 15 is 0 Å². The summed E-state index contributed by atoms with van der Waals surface area (Å²) >= 11 is 12.9. The lowest BCUT2D eigenvalue weighted by molar-refractivity contribution is -0.605. The second kappa shape index (κ2) is 17.9. The smallest absolute Gasteiger partial charge is 0.338 e. The first-order chi connectivity index (χ1) is 27.6. The van der Waals surface area contributed by atoms with Crippen LogP contribution in [-0.2, 0) is 32.8 Å². The number of aromatic nitrogens is 1. The Labute approximate surface area is 342 Å². The Morgan fingerprint density at radius 2 is 1.67 bits per heavy atom. The Kier molecular flexibility index (Phi) is 12.8. The van der Waals surface area contributed by atoms with Gasteiger partial charge in [-0.05, 0) is 86.0 Å². The predicted octanol–water partition coefficient (Wildman–Crippen LogP) is 6.19. The van der Waals surface area contributed by atoms with Gasteiger partial charge in [0.25, 0.3) is 0 Å². The van der Waals surface area contributed by atoms with Crippen molar-refractivity contribution in [3.05, 3.63) is 122 Å². The Bertz CT molecular complexity index is 2040. The lowest BCUT2D eigenvalue weighted by atomic mass is 9.85. The third-order valence-corrected chi connectivity index (χ3v) is 11.9. The van der Waals surface area contributed by atoms with Crippen LogP contribution in [0, 0.1) is 17.0 Å². The van der Waals surface area contributed by atoms with Crippen LogP contribution in [0.25, 0.3) is 0 Å². The molecule has 4 heterocycles.